The summed E-state index contributed by atoms with van der Waals surface area (Å²) in [6.45, 7) is 0. The molecule has 0 atom stereocenters. The predicted octanol–water partition coefficient (Wildman–Crippen LogP) is 4.22. The van der Waals surface area contributed by atoms with E-state index in [1.54, 1.807) is 13.2 Å². The molecule has 5 nitrogen and oxygen atoms in total. The lowest BCUT2D eigenvalue weighted by molar-refractivity contribution is -0.137. The van der Waals surface area contributed by atoms with Crippen molar-refractivity contribution in [2.45, 2.75) is 6.18 Å². The monoisotopic (exact) mass is 375 g/mol. The fraction of sp³-hybridized carbons (Fsp3) is 0.105. The van der Waals surface area contributed by atoms with Gasteiger partial charge in [0.05, 0.1) is 5.56 Å². The van der Waals surface area contributed by atoms with Crippen molar-refractivity contribution in [1.82, 2.24) is 4.57 Å². The molecular formula is C19H12F3NO4. The number of aromatic nitrogens is 1. The quantitative estimate of drug-likeness (QED) is 0.625. The molecule has 0 amide bonds. The zero-order valence-electron chi connectivity index (χ0n) is 13.8. The molecule has 0 radical (unpaired) electrons. The first-order valence-electron chi connectivity index (χ1n) is 7.81. The molecule has 0 unspecified atom stereocenters. The van der Waals surface area contributed by atoms with Crippen LogP contribution < -0.4 is 4.74 Å². The number of allylic oxidation sites excluding steroid dienone is 1. The van der Waals surface area contributed by atoms with Crippen LogP contribution in [0.3, 0.4) is 0 Å². The molecule has 0 fully saturated rings. The van der Waals surface area contributed by atoms with E-state index in [0.717, 1.165) is 18.2 Å². The van der Waals surface area contributed by atoms with Crippen LogP contribution >= 0.6 is 0 Å². The Hall–Kier alpha value is -3.42. The van der Waals surface area contributed by atoms with E-state index in [1.807, 2.05) is 0 Å². The van der Waals surface area contributed by atoms with Gasteiger partial charge >= 0.3 is 6.18 Å². The molecule has 3 aromatic rings. The molecule has 1 aromatic heterocycles. The molecule has 138 valence electrons. The third-order valence-corrected chi connectivity index (χ3v) is 4.37. The van der Waals surface area contributed by atoms with E-state index in [1.165, 1.54) is 22.8 Å². The molecule has 27 heavy (non-hydrogen) atoms. The molecule has 0 saturated heterocycles. The highest BCUT2D eigenvalue weighted by Crippen LogP contribution is 2.41. The topological polar surface area (TPSA) is 71.7 Å². The van der Waals surface area contributed by atoms with Crippen LogP contribution in [-0.4, -0.2) is 20.6 Å². The number of hydrogen-bond donors (Lipinski definition) is 2. The number of fused-ring (bicyclic) bond motifs is 2. The van der Waals surface area contributed by atoms with Crippen molar-refractivity contribution >= 4 is 22.8 Å². The number of Topliss-reactive ketones (excluding diaryl/α,β-unsaturated/α-hetero) is 1. The van der Waals surface area contributed by atoms with Crippen molar-refractivity contribution in [3.63, 3.8) is 0 Å². The van der Waals surface area contributed by atoms with Gasteiger partial charge in [0.25, 0.3) is 0 Å². The number of aromatic hydroxyl groups is 2. The maximum atomic E-state index is 12.9. The van der Waals surface area contributed by atoms with Crippen molar-refractivity contribution in [1.29, 1.82) is 0 Å². The average Bonchev–Trinajstić information content (AvgIpc) is 3.04. The number of nitrogens with zero attached hydrogens (tertiary/aromatic N) is 1. The normalized spacial score (nSPS) is 15.4. The van der Waals surface area contributed by atoms with Gasteiger partial charge in [-0.1, -0.05) is 6.07 Å². The van der Waals surface area contributed by atoms with Gasteiger partial charge in [0, 0.05) is 41.8 Å². The molecule has 0 aliphatic carbocycles. The van der Waals surface area contributed by atoms with Gasteiger partial charge in [-0.3, -0.25) is 4.79 Å². The number of halogens is 3. The van der Waals surface area contributed by atoms with Crippen LogP contribution in [0.25, 0.3) is 17.0 Å². The third-order valence-electron chi connectivity index (χ3n) is 4.37. The van der Waals surface area contributed by atoms with E-state index in [9.17, 15) is 28.2 Å². The Balaban J connectivity index is 1.80. The largest absolute Gasteiger partial charge is 0.508 e. The number of ether oxygens (including phenoxy) is 1. The van der Waals surface area contributed by atoms with Gasteiger partial charge in [0.15, 0.2) is 5.76 Å². The number of carbonyl (C=O) groups is 1. The number of phenolic OH excluding ortho intramolecular Hbond substituents is 2. The van der Waals surface area contributed by atoms with Crippen LogP contribution in [0.2, 0.25) is 0 Å². The number of ketones is 1. The Labute approximate surface area is 150 Å². The summed E-state index contributed by atoms with van der Waals surface area (Å²) >= 11 is 0. The first-order chi connectivity index (χ1) is 12.6. The molecule has 2 N–H and O–H groups in total. The van der Waals surface area contributed by atoms with E-state index in [4.69, 9.17) is 4.74 Å². The fourth-order valence-electron chi connectivity index (χ4n) is 3.13. The summed E-state index contributed by atoms with van der Waals surface area (Å²) in [5, 5.41) is 19.9. The van der Waals surface area contributed by atoms with Crippen molar-refractivity contribution in [2.24, 2.45) is 7.05 Å². The van der Waals surface area contributed by atoms with Gasteiger partial charge in [-0.15, -0.1) is 0 Å². The van der Waals surface area contributed by atoms with Gasteiger partial charge < -0.3 is 19.5 Å². The summed E-state index contributed by atoms with van der Waals surface area (Å²) in [5.41, 5.74) is -0.00346. The van der Waals surface area contributed by atoms with Gasteiger partial charge in [-0.2, -0.15) is 13.2 Å². The van der Waals surface area contributed by atoms with E-state index in [2.05, 4.69) is 0 Å². The highest BCUT2D eigenvalue weighted by molar-refractivity contribution is 6.16. The minimum Gasteiger partial charge on any atom is -0.508 e. The summed E-state index contributed by atoms with van der Waals surface area (Å²) in [7, 11) is 1.60. The highest BCUT2D eigenvalue weighted by atomic mass is 19.4. The molecular weight excluding hydrogens is 363 g/mol. The van der Waals surface area contributed by atoms with Gasteiger partial charge in [0.1, 0.15) is 22.8 Å². The number of rotatable bonds is 1. The number of alkyl halides is 3. The lowest BCUT2D eigenvalue weighted by Gasteiger charge is -2.07. The Kier molecular flexibility index (Phi) is 3.49. The minimum absolute atomic E-state index is 0.0170. The second kappa shape index (κ2) is 5.54. The molecule has 2 heterocycles. The van der Waals surface area contributed by atoms with Gasteiger partial charge in [0.2, 0.25) is 5.78 Å². The summed E-state index contributed by atoms with van der Waals surface area (Å²) in [4.78, 5) is 12.5. The van der Waals surface area contributed by atoms with E-state index in [-0.39, 0.29) is 22.8 Å². The molecule has 0 saturated carbocycles. The standard InChI is InChI=1S/C19H12F3NO4/c1-23-8-9(12-3-2-10(5-13(12)23)19(20,21)22)4-16-18(26)17-14(25)6-11(24)7-15(17)27-16/h2-8,24-25H,1H3. The zero-order valence-corrected chi connectivity index (χ0v) is 13.8. The highest BCUT2D eigenvalue weighted by Gasteiger charge is 2.32. The molecule has 1 aliphatic rings. The molecule has 0 spiro atoms. The predicted molar refractivity (Wildman–Crippen MR) is 90.6 cm³/mol. The van der Waals surface area contributed by atoms with E-state index in [0.29, 0.717) is 16.5 Å². The maximum absolute atomic E-state index is 12.9. The Morgan fingerprint density at radius 1 is 1.15 bits per heavy atom. The lowest BCUT2D eigenvalue weighted by Crippen LogP contribution is -2.04. The summed E-state index contributed by atoms with van der Waals surface area (Å²) in [6.07, 6.45) is -1.48. The minimum atomic E-state index is -4.46. The average molecular weight is 375 g/mol. The van der Waals surface area contributed by atoms with Gasteiger partial charge in [-0.25, -0.2) is 0 Å². The van der Waals surface area contributed by atoms with Crippen molar-refractivity contribution in [3.05, 3.63) is 59.0 Å². The number of benzene rings is 2. The number of aryl methyl sites for hydroxylation is 1. The Morgan fingerprint density at radius 2 is 1.89 bits per heavy atom. The van der Waals surface area contributed by atoms with Crippen LogP contribution in [0.1, 0.15) is 21.5 Å². The first kappa shape index (κ1) is 17.0. The zero-order chi connectivity index (χ0) is 19.5. The van der Waals surface area contributed by atoms with Crippen molar-refractivity contribution in [3.8, 4) is 17.2 Å². The second-order valence-electron chi connectivity index (χ2n) is 6.20. The molecule has 0 bridgehead atoms. The summed E-state index contributed by atoms with van der Waals surface area (Å²) in [5.74, 6) is -1.33. The number of carbonyl (C=O) groups excluding carboxylic acids is 1. The summed E-state index contributed by atoms with van der Waals surface area (Å²) in [6, 6.07) is 5.57. The second-order valence-corrected chi connectivity index (χ2v) is 6.20. The molecule has 1 aliphatic heterocycles. The first-order valence-corrected chi connectivity index (χ1v) is 7.81. The van der Waals surface area contributed by atoms with Crippen LogP contribution in [-0.2, 0) is 13.2 Å². The van der Waals surface area contributed by atoms with Crippen LogP contribution in [0, 0.1) is 0 Å². The van der Waals surface area contributed by atoms with Crippen molar-refractivity contribution < 1.29 is 32.9 Å². The number of phenols is 2. The molecule has 8 heteroatoms. The lowest BCUT2D eigenvalue weighted by atomic mass is 10.1. The van der Waals surface area contributed by atoms with Crippen LogP contribution in [0.5, 0.6) is 17.2 Å². The van der Waals surface area contributed by atoms with Gasteiger partial charge in [-0.05, 0) is 18.2 Å². The summed E-state index contributed by atoms with van der Waals surface area (Å²) < 4.78 is 45.7. The van der Waals surface area contributed by atoms with Crippen molar-refractivity contribution in [2.75, 3.05) is 0 Å². The smallest absolute Gasteiger partial charge is 0.416 e. The van der Waals surface area contributed by atoms with E-state index >= 15 is 0 Å². The fourth-order valence-corrected chi connectivity index (χ4v) is 3.13. The molecule has 4 rings (SSSR count). The Bertz CT molecular complexity index is 1140. The Morgan fingerprint density at radius 3 is 2.59 bits per heavy atom. The maximum Gasteiger partial charge on any atom is 0.416 e. The van der Waals surface area contributed by atoms with E-state index < -0.39 is 23.3 Å². The van der Waals surface area contributed by atoms with Crippen LogP contribution in [0.15, 0.2) is 42.3 Å². The van der Waals surface area contributed by atoms with Crippen LogP contribution in [0.4, 0.5) is 13.2 Å². The number of hydrogen-bond acceptors (Lipinski definition) is 4. The third kappa shape index (κ3) is 2.69. The SMILES string of the molecule is Cn1cc(C=C2Oc3cc(O)cc(O)c3C2=O)c2ccc(C(F)(F)F)cc21. The molecule has 2 aromatic carbocycles.